The molecule has 9 aromatic rings. The van der Waals surface area contributed by atoms with E-state index >= 15 is 0 Å². The molecule has 1 aliphatic carbocycles. The summed E-state index contributed by atoms with van der Waals surface area (Å²) in [5, 5.41) is 7.53. The second kappa shape index (κ2) is 11.3. The summed E-state index contributed by atoms with van der Waals surface area (Å²) >= 11 is 0. The topological polar surface area (TPSA) is 25.8 Å². The van der Waals surface area contributed by atoms with Gasteiger partial charge in [-0.05, 0) is 90.0 Å². The van der Waals surface area contributed by atoms with E-state index in [1.54, 1.807) is 0 Å². The Labute approximate surface area is 297 Å². The molecule has 0 amide bonds. The number of rotatable bonds is 4. The van der Waals surface area contributed by atoms with Crippen LogP contribution in [0.15, 0.2) is 170 Å². The summed E-state index contributed by atoms with van der Waals surface area (Å²) in [6, 6.07) is 61.3. The largest absolute Gasteiger partial charge is 0.228 e. The fraction of sp³-hybridized carbons (Fsp3) is 0.0612. The fourth-order valence-electron chi connectivity index (χ4n) is 8.17. The Hall–Kier alpha value is -6.38. The molecule has 0 saturated carbocycles. The van der Waals surface area contributed by atoms with Crippen LogP contribution in [0, 0.1) is 0 Å². The van der Waals surface area contributed by atoms with Crippen molar-refractivity contribution in [3.8, 4) is 56.2 Å². The van der Waals surface area contributed by atoms with Gasteiger partial charge in [-0.15, -0.1) is 0 Å². The Balaban J connectivity index is 1.08. The summed E-state index contributed by atoms with van der Waals surface area (Å²) in [5.74, 6) is 0.720. The molecule has 1 heterocycles. The second-order valence-corrected chi connectivity index (χ2v) is 14.2. The highest BCUT2D eigenvalue weighted by Gasteiger charge is 2.37. The van der Waals surface area contributed by atoms with Crippen molar-refractivity contribution in [3.05, 3.63) is 181 Å². The Morgan fingerprint density at radius 3 is 1.80 bits per heavy atom. The number of benzene rings is 8. The number of hydrogen-bond acceptors (Lipinski definition) is 2. The highest BCUT2D eigenvalue weighted by atomic mass is 14.9. The molecular formula is C49H34N2. The molecule has 10 rings (SSSR count). The number of nitrogens with zero attached hydrogens (tertiary/aromatic N) is 2. The third-order valence-electron chi connectivity index (χ3n) is 10.9. The van der Waals surface area contributed by atoms with E-state index in [2.05, 4.69) is 166 Å². The smallest absolute Gasteiger partial charge is 0.160 e. The minimum atomic E-state index is -0.0777. The van der Waals surface area contributed by atoms with Crippen molar-refractivity contribution < 1.29 is 0 Å². The van der Waals surface area contributed by atoms with Crippen LogP contribution in [-0.2, 0) is 5.41 Å². The van der Waals surface area contributed by atoms with Crippen LogP contribution in [0.3, 0.4) is 0 Å². The molecule has 0 bridgehead atoms. The van der Waals surface area contributed by atoms with Gasteiger partial charge in [-0.25, -0.2) is 9.97 Å². The van der Waals surface area contributed by atoms with Gasteiger partial charge >= 0.3 is 0 Å². The summed E-state index contributed by atoms with van der Waals surface area (Å²) < 4.78 is 0. The molecule has 0 unspecified atom stereocenters. The van der Waals surface area contributed by atoms with Gasteiger partial charge in [0.1, 0.15) is 0 Å². The van der Waals surface area contributed by atoms with Gasteiger partial charge in [0.25, 0.3) is 0 Å². The quantitative estimate of drug-likeness (QED) is 0.177. The third kappa shape index (κ3) is 4.79. The van der Waals surface area contributed by atoms with E-state index < -0.39 is 0 Å². The maximum absolute atomic E-state index is 5.13. The molecule has 2 nitrogen and oxygen atoms in total. The summed E-state index contributed by atoms with van der Waals surface area (Å²) in [5.41, 5.74) is 12.8. The number of aromatic nitrogens is 2. The van der Waals surface area contributed by atoms with Crippen molar-refractivity contribution in [2.45, 2.75) is 19.3 Å². The normalized spacial score (nSPS) is 13.1. The van der Waals surface area contributed by atoms with E-state index in [9.17, 15) is 0 Å². The minimum absolute atomic E-state index is 0.0777. The van der Waals surface area contributed by atoms with Crippen molar-refractivity contribution in [2.75, 3.05) is 0 Å². The standard InChI is InChI=1S/C49H34N2/c1-49(2)43-18-10-17-41(47(43)42-28-35-14-6-7-15-36(35)29-44(42)49)32-19-22-33(23-20-32)45-30-46(51-48(50-45)34-12-4-3-5-13-34)38-25-26-40-37(27-38)24-21-31-11-8-9-16-39(31)40/h3-30H,1-2H3. The first-order chi connectivity index (χ1) is 25.0. The van der Waals surface area contributed by atoms with Crippen LogP contribution in [0.25, 0.3) is 88.5 Å². The molecule has 0 saturated heterocycles. The van der Waals surface area contributed by atoms with Crippen molar-refractivity contribution in [3.63, 3.8) is 0 Å². The van der Waals surface area contributed by atoms with Crippen molar-refractivity contribution in [2.24, 2.45) is 0 Å². The van der Waals surface area contributed by atoms with Crippen LogP contribution in [0.1, 0.15) is 25.0 Å². The predicted molar refractivity (Wildman–Crippen MR) is 214 cm³/mol. The van der Waals surface area contributed by atoms with E-state index in [1.165, 1.54) is 65.7 Å². The lowest BCUT2D eigenvalue weighted by Gasteiger charge is -2.22. The zero-order chi connectivity index (χ0) is 34.1. The predicted octanol–water partition coefficient (Wildman–Crippen LogP) is 12.9. The van der Waals surface area contributed by atoms with Crippen molar-refractivity contribution in [1.29, 1.82) is 0 Å². The lowest BCUT2D eigenvalue weighted by atomic mass is 9.81. The van der Waals surface area contributed by atoms with Gasteiger partial charge in [0, 0.05) is 22.1 Å². The Bertz CT molecular complexity index is 2810. The first kappa shape index (κ1) is 29.5. The molecule has 1 aliphatic rings. The van der Waals surface area contributed by atoms with Crippen molar-refractivity contribution in [1.82, 2.24) is 9.97 Å². The molecule has 0 aliphatic heterocycles. The zero-order valence-corrected chi connectivity index (χ0v) is 28.6. The van der Waals surface area contributed by atoms with E-state index in [4.69, 9.17) is 9.97 Å². The zero-order valence-electron chi connectivity index (χ0n) is 28.6. The molecule has 51 heavy (non-hydrogen) atoms. The SMILES string of the molecule is CC1(C)c2cc3ccccc3cc2-c2c(-c3ccc(-c4cc(-c5ccc6c(ccc7ccccc76)c5)nc(-c5ccccc5)n4)cc3)cccc21. The molecule has 0 atom stereocenters. The van der Waals surface area contributed by atoms with Crippen LogP contribution in [0.4, 0.5) is 0 Å². The number of fused-ring (bicyclic) bond motifs is 7. The molecule has 0 N–H and O–H groups in total. The van der Waals surface area contributed by atoms with Crippen LogP contribution in [0.5, 0.6) is 0 Å². The van der Waals surface area contributed by atoms with Gasteiger partial charge in [-0.2, -0.15) is 0 Å². The molecule has 2 heteroatoms. The first-order valence-corrected chi connectivity index (χ1v) is 17.7. The van der Waals surface area contributed by atoms with E-state index in [1.807, 2.05) is 18.2 Å². The van der Waals surface area contributed by atoms with Crippen LogP contribution < -0.4 is 0 Å². The first-order valence-electron chi connectivity index (χ1n) is 17.7. The Morgan fingerprint density at radius 2 is 1.00 bits per heavy atom. The van der Waals surface area contributed by atoms with Gasteiger partial charge in [0.05, 0.1) is 11.4 Å². The average molecular weight is 651 g/mol. The van der Waals surface area contributed by atoms with Crippen molar-refractivity contribution >= 4 is 32.3 Å². The maximum Gasteiger partial charge on any atom is 0.160 e. The molecule has 8 aromatic carbocycles. The highest BCUT2D eigenvalue weighted by Crippen LogP contribution is 2.53. The van der Waals surface area contributed by atoms with Gasteiger partial charge in [-0.1, -0.05) is 159 Å². The van der Waals surface area contributed by atoms with Crippen LogP contribution >= 0.6 is 0 Å². The highest BCUT2D eigenvalue weighted by molar-refractivity contribution is 6.08. The lowest BCUT2D eigenvalue weighted by Crippen LogP contribution is -2.14. The summed E-state index contributed by atoms with van der Waals surface area (Å²) in [4.78, 5) is 10.2. The Morgan fingerprint density at radius 1 is 0.373 bits per heavy atom. The van der Waals surface area contributed by atoms with E-state index in [0.717, 1.165) is 33.9 Å². The molecule has 0 fully saturated rings. The summed E-state index contributed by atoms with van der Waals surface area (Å²) in [6.07, 6.45) is 0. The molecule has 240 valence electrons. The van der Waals surface area contributed by atoms with Gasteiger partial charge in [0.2, 0.25) is 0 Å². The van der Waals surface area contributed by atoms with Gasteiger partial charge in [0.15, 0.2) is 5.82 Å². The number of hydrogen-bond donors (Lipinski definition) is 0. The monoisotopic (exact) mass is 650 g/mol. The molecular weight excluding hydrogens is 617 g/mol. The average Bonchev–Trinajstić information content (AvgIpc) is 3.42. The van der Waals surface area contributed by atoms with E-state index in [-0.39, 0.29) is 5.41 Å². The third-order valence-corrected chi connectivity index (χ3v) is 10.9. The minimum Gasteiger partial charge on any atom is -0.228 e. The van der Waals surface area contributed by atoms with Gasteiger partial charge in [-0.3, -0.25) is 0 Å². The fourth-order valence-corrected chi connectivity index (χ4v) is 8.17. The molecule has 1 aromatic heterocycles. The lowest BCUT2D eigenvalue weighted by molar-refractivity contribution is 0.661. The van der Waals surface area contributed by atoms with Gasteiger partial charge < -0.3 is 0 Å². The van der Waals surface area contributed by atoms with E-state index in [0.29, 0.717) is 0 Å². The van der Waals surface area contributed by atoms with Crippen LogP contribution in [-0.4, -0.2) is 9.97 Å². The Kier molecular flexibility index (Phi) is 6.56. The molecule has 0 radical (unpaired) electrons. The summed E-state index contributed by atoms with van der Waals surface area (Å²) in [6.45, 7) is 4.71. The van der Waals surface area contributed by atoms with Crippen LogP contribution in [0.2, 0.25) is 0 Å². The molecule has 0 spiro atoms. The second-order valence-electron chi connectivity index (χ2n) is 14.2. The maximum atomic E-state index is 5.13. The summed E-state index contributed by atoms with van der Waals surface area (Å²) in [7, 11) is 0.